The Morgan fingerprint density at radius 3 is 2.39 bits per heavy atom. The quantitative estimate of drug-likeness (QED) is 0.676. The SMILES string of the molecule is CCC(C)N(C(=O)c1cccs1)C1CC(=O)N(c2ccc(C(C)C)cc2)C1=O. The van der Waals surface area contributed by atoms with E-state index in [1.165, 1.54) is 16.2 Å². The highest BCUT2D eigenvalue weighted by Gasteiger charge is 2.45. The number of thiophene rings is 1. The third-order valence-corrected chi connectivity index (χ3v) is 6.17. The lowest BCUT2D eigenvalue weighted by molar-refractivity contribution is -0.122. The first-order chi connectivity index (χ1) is 13.3. The Morgan fingerprint density at radius 2 is 1.86 bits per heavy atom. The predicted molar refractivity (Wildman–Crippen MR) is 112 cm³/mol. The number of carbonyl (C=O) groups excluding carboxylic acids is 3. The van der Waals surface area contributed by atoms with Crippen molar-refractivity contribution < 1.29 is 14.4 Å². The Morgan fingerprint density at radius 1 is 1.18 bits per heavy atom. The van der Waals surface area contributed by atoms with Crippen LogP contribution in [0.1, 0.15) is 61.7 Å². The van der Waals surface area contributed by atoms with Gasteiger partial charge < -0.3 is 4.90 Å². The average Bonchev–Trinajstić information content (AvgIpc) is 3.31. The Hall–Kier alpha value is -2.47. The van der Waals surface area contributed by atoms with Gasteiger partial charge in [0.25, 0.3) is 11.8 Å². The zero-order chi connectivity index (χ0) is 20.4. The van der Waals surface area contributed by atoms with Crippen LogP contribution in [0.25, 0.3) is 0 Å². The summed E-state index contributed by atoms with van der Waals surface area (Å²) in [7, 11) is 0. The highest BCUT2D eigenvalue weighted by atomic mass is 32.1. The lowest BCUT2D eigenvalue weighted by atomic mass is 10.0. The number of imide groups is 1. The second kappa shape index (κ2) is 8.27. The summed E-state index contributed by atoms with van der Waals surface area (Å²) in [6.45, 7) is 8.08. The van der Waals surface area contributed by atoms with Gasteiger partial charge in [0.15, 0.2) is 0 Å². The molecule has 0 radical (unpaired) electrons. The summed E-state index contributed by atoms with van der Waals surface area (Å²) in [5.74, 6) is -0.407. The van der Waals surface area contributed by atoms with Crippen LogP contribution in [0.5, 0.6) is 0 Å². The Bertz CT molecular complexity index is 858. The monoisotopic (exact) mass is 398 g/mol. The molecule has 1 saturated heterocycles. The molecule has 6 heteroatoms. The first-order valence-corrected chi connectivity index (χ1v) is 10.6. The molecule has 0 saturated carbocycles. The molecule has 3 rings (SSSR count). The van der Waals surface area contributed by atoms with Crippen LogP contribution in [0.2, 0.25) is 0 Å². The molecule has 2 atom stereocenters. The number of nitrogens with zero attached hydrogens (tertiary/aromatic N) is 2. The van der Waals surface area contributed by atoms with Gasteiger partial charge in [0.1, 0.15) is 6.04 Å². The summed E-state index contributed by atoms with van der Waals surface area (Å²) < 4.78 is 0. The van der Waals surface area contributed by atoms with Crippen molar-refractivity contribution in [3.63, 3.8) is 0 Å². The Labute approximate surface area is 170 Å². The van der Waals surface area contributed by atoms with Crippen molar-refractivity contribution in [2.24, 2.45) is 0 Å². The molecule has 1 aromatic carbocycles. The lowest BCUT2D eigenvalue weighted by Gasteiger charge is -2.32. The molecular formula is C22H26N2O3S. The molecule has 1 aliphatic heterocycles. The van der Waals surface area contributed by atoms with Crippen molar-refractivity contribution in [1.29, 1.82) is 0 Å². The van der Waals surface area contributed by atoms with E-state index in [2.05, 4.69) is 13.8 Å². The molecule has 0 bridgehead atoms. The molecule has 1 aliphatic rings. The van der Waals surface area contributed by atoms with E-state index in [-0.39, 0.29) is 30.2 Å². The van der Waals surface area contributed by atoms with Crippen LogP contribution in [0.15, 0.2) is 41.8 Å². The Kier molecular flexibility index (Phi) is 5.98. The van der Waals surface area contributed by atoms with Gasteiger partial charge >= 0.3 is 0 Å². The fourth-order valence-corrected chi connectivity index (χ4v) is 4.15. The van der Waals surface area contributed by atoms with Crippen molar-refractivity contribution in [2.75, 3.05) is 4.90 Å². The minimum absolute atomic E-state index is 0.0201. The van der Waals surface area contributed by atoms with Crippen molar-refractivity contribution >= 4 is 34.7 Å². The van der Waals surface area contributed by atoms with E-state index in [9.17, 15) is 14.4 Å². The first kappa shape index (κ1) is 20.3. The third-order valence-electron chi connectivity index (χ3n) is 5.31. The fourth-order valence-electron chi connectivity index (χ4n) is 3.49. The maximum absolute atomic E-state index is 13.2. The summed E-state index contributed by atoms with van der Waals surface area (Å²) in [6, 6.07) is 10.2. The molecule has 5 nitrogen and oxygen atoms in total. The van der Waals surface area contributed by atoms with Gasteiger partial charge in [0.05, 0.1) is 17.0 Å². The van der Waals surface area contributed by atoms with Crippen molar-refractivity contribution in [2.45, 2.75) is 58.5 Å². The molecule has 2 heterocycles. The Balaban J connectivity index is 1.90. The van der Waals surface area contributed by atoms with Crippen molar-refractivity contribution in [1.82, 2.24) is 4.90 Å². The zero-order valence-electron chi connectivity index (χ0n) is 16.7. The van der Waals surface area contributed by atoms with Gasteiger partial charge in [-0.1, -0.05) is 39.0 Å². The van der Waals surface area contributed by atoms with Crippen LogP contribution >= 0.6 is 11.3 Å². The van der Waals surface area contributed by atoms with E-state index < -0.39 is 6.04 Å². The number of rotatable bonds is 6. The predicted octanol–water partition coefficient (Wildman–Crippen LogP) is 4.44. The van der Waals surface area contributed by atoms with Gasteiger partial charge in [0, 0.05) is 6.04 Å². The maximum atomic E-state index is 13.2. The number of hydrogen-bond acceptors (Lipinski definition) is 4. The van der Waals surface area contributed by atoms with Crippen molar-refractivity contribution in [3.05, 3.63) is 52.2 Å². The molecule has 0 spiro atoms. The van der Waals surface area contributed by atoms with Gasteiger partial charge in [-0.15, -0.1) is 11.3 Å². The van der Waals surface area contributed by atoms with E-state index in [0.29, 0.717) is 22.9 Å². The number of anilines is 1. The third kappa shape index (κ3) is 3.74. The number of benzene rings is 1. The number of hydrogen-bond donors (Lipinski definition) is 0. The van der Waals surface area contributed by atoms with Crippen LogP contribution in [0.3, 0.4) is 0 Å². The topological polar surface area (TPSA) is 57.7 Å². The molecule has 28 heavy (non-hydrogen) atoms. The van der Waals surface area contributed by atoms with Gasteiger partial charge in [0.2, 0.25) is 5.91 Å². The second-order valence-electron chi connectivity index (χ2n) is 7.48. The van der Waals surface area contributed by atoms with Crippen LogP contribution in [-0.2, 0) is 9.59 Å². The minimum Gasteiger partial charge on any atom is -0.323 e. The van der Waals surface area contributed by atoms with Crippen molar-refractivity contribution in [3.8, 4) is 0 Å². The average molecular weight is 399 g/mol. The lowest BCUT2D eigenvalue weighted by Crippen LogP contribution is -2.49. The molecule has 148 valence electrons. The highest BCUT2D eigenvalue weighted by molar-refractivity contribution is 7.12. The van der Waals surface area contributed by atoms with Gasteiger partial charge in [-0.25, -0.2) is 4.90 Å². The van der Waals surface area contributed by atoms with E-state index in [1.54, 1.807) is 11.0 Å². The van der Waals surface area contributed by atoms with Gasteiger partial charge in [-0.3, -0.25) is 14.4 Å². The summed E-state index contributed by atoms with van der Waals surface area (Å²) in [4.78, 5) is 42.4. The maximum Gasteiger partial charge on any atom is 0.264 e. The molecule has 2 aromatic rings. The van der Waals surface area contributed by atoms with Crippen LogP contribution in [0, 0.1) is 0 Å². The summed E-state index contributed by atoms with van der Waals surface area (Å²) in [5, 5.41) is 1.84. The normalized spacial score (nSPS) is 18.0. The number of carbonyl (C=O) groups is 3. The molecule has 1 aromatic heterocycles. The summed E-state index contributed by atoms with van der Waals surface area (Å²) in [6.07, 6.45) is 0.727. The highest BCUT2D eigenvalue weighted by Crippen LogP contribution is 2.30. The van der Waals surface area contributed by atoms with Gasteiger partial charge in [-0.2, -0.15) is 0 Å². The van der Waals surface area contributed by atoms with E-state index in [4.69, 9.17) is 0 Å². The molecule has 0 N–H and O–H groups in total. The van der Waals surface area contributed by atoms with Crippen LogP contribution in [-0.4, -0.2) is 34.7 Å². The zero-order valence-corrected chi connectivity index (χ0v) is 17.5. The smallest absolute Gasteiger partial charge is 0.264 e. The summed E-state index contributed by atoms with van der Waals surface area (Å²) in [5.41, 5.74) is 1.71. The molecule has 1 fully saturated rings. The second-order valence-corrected chi connectivity index (χ2v) is 8.43. The molecular weight excluding hydrogens is 372 g/mol. The molecule has 3 amide bonds. The summed E-state index contributed by atoms with van der Waals surface area (Å²) >= 11 is 1.35. The van der Waals surface area contributed by atoms with E-state index in [0.717, 1.165) is 5.56 Å². The fraction of sp³-hybridized carbons (Fsp3) is 0.409. The van der Waals surface area contributed by atoms with Crippen LogP contribution in [0.4, 0.5) is 5.69 Å². The van der Waals surface area contributed by atoms with E-state index in [1.807, 2.05) is 49.6 Å². The molecule has 0 aliphatic carbocycles. The van der Waals surface area contributed by atoms with Crippen LogP contribution < -0.4 is 4.90 Å². The standard InChI is InChI=1S/C22H26N2O3S/c1-5-15(4)23(22(27)19-7-6-12-28-19)18-13-20(25)24(21(18)26)17-10-8-16(9-11-17)14(2)3/h6-12,14-15,18H,5,13H2,1-4H3. The number of amides is 3. The minimum atomic E-state index is -0.762. The van der Waals surface area contributed by atoms with Gasteiger partial charge in [-0.05, 0) is 48.4 Å². The first-order valence-electron chi connectivity index (χ1n) is 9.68. The molecule has 2 unspecified atom stereocenters. The van der Waals surface area contributed by atoms with E-state index >= 15 is 0 Å². The largest absolute Gasteiger partial charge is 0.323 e.